The monoisotopic (exact) mass is 590 g/mol. The predicted octanol–water partition coefficient (Wildman–Crippen LogP) is 7.92. The number of fused-ring (bicyclic) bond motifs is 5. The molecule has 242 valence electrons. The van der Waals surface area contributed by atoms with Crippen molar-refractivity contribution in [2.24, 2.45) is 46.3 Å². The molecule has 11 atom stereocenters. The first-order valence-electron chi connectivity index (χ1n) is 17.8. The van der Waals surface area contributed by atoms with Gasteiger partial charge in [0.1, 0.15) is 6.10 Å². The molecule has 6 heteroatoms. The molecule has 4 saturated carbocycles. The fourth-order valence-electron chi connectivity index (χ4n) is 10.6. The third-order valence-corrected chi connectivity index (χ3v) is 13.1. The third kappa shape index (κ3) is 7.22. The zero-order valence-corrected chi connectivity index (χ0v) is 27.2. The molecule has 0 spiro atoms. The fraction of sp³-hybridized carbons (Fsp3) is 0.944. The quantitative estimate of drug-likeness (QED) is 0.132. The number of ether oxygens (including phenoxy) is 1. The summed E-state index contributed by atoms with van der Waals surface area (Å²) in [4.78, 5) is 23.9. The van der Waals surface area contributed by atoms with Crippen molar-refractivity contribution in [3.8, 4) is 0 Å². The van der Waals surface area contributed by atoms with Crippen molar-refractivity contribution in [1.82, 2.24) is 0 Å². The Morgan fingerprint density at radius 2 is 1.52 bits per heavy atom. The summed E-state index contributed by atoms with van der Waals surface area (Å²) in [6, 6.07) is 0. The molecule has 4 unspecified atom stereocenters. The Balaban J connectivity index is 1.29. The van der Waals surface area contributed by atoms with Crippen LogP contribution in [-0.4, -0.2) is 45.6 Å². The standard InChI is InChI=1S/C36H62O6/c1-5-6-7-8-9-10-11-12-13-14-33(41)42-26-19-20-35(3)25(21-26)22-30(37)34-28-17-16-27(24(2)15-18-32(39)40)36(28,4)31(38)23-29(34)35/h24-31,34,37-38H,5-23H2,1-4H3,(H,39,40)/t24-,25+,26-,27?,28?,29?,30-,31+,34?,35+,36-/m1/s1. The van der Waals surface area contributed by atoms with Gasteiger partial charge >= 0.3 is 11.9 Å². The average Bonchev–Trinajstić information content (AvgIpc) is 3.30. The maximum Gasteiger partial charge on any atom is 0.306 e. The molecule has 3 N–H and O–H groups in total. The summed E-state index contributed by atoms with van der Waals surface area (Å²) in [5.41, 5.74) is -0.232. The van der Waals surface area contributed by atoms with Gasteiger partial charge in [-0.1, -0.05) is 79.1 Å². The molecule has 4 fully saturated rings. The summed E-state index contributed by atoms with van der Waals surface area (Å²) < 4.78 is 6.00. The SMILES string of the molecule is CCCCCCCCCCCC(=O)O[C@@H]1CC[C@]2(C)C3C[C@H](O)[C@@]4(C)C(CCC4[C@H](C)CCC(=O)O)C3[C@H](O)C[C@@H]2C1. The lowest BCUT2D eigenvalue weighted by atomic mass is 9.43. The van der Waals surface area contributed by atoms with Crippen LogP contribution in [0, 0.1) is 46.3 Å². The second-order valence-electron chi connectivity index (χ2n) is 15.5. The van der Waals surface area contributed by atoms with Gasteiger partial charge in [-0.05, 0) is 104 Å². The number of aliphatic hydroxyl groups excluding tert-OH is 2. The number of carboxylic acid groups (broad SMARTS) is 1. The predicted molar refractivity (Wildman–Crippen MR) is 166 cm³/mol. The lowest BCUT2D eigenvalue weighted by Gasteiger charge is -2.63. The molecule has 4 aliphatic carbocycles. The van der Waals surface area contributed by atoms with Crippen LogP contribution in [0.5, 0.6) is 0 Å². The molecule has 4 rings (SSSR count). The summed E-state index contributed by atoms with van der Waals surface area (Å²) in [7, 11) is 0. The van der Waals surface area contributed by atoms with Gasteiger partial charge in [0.25, 0.3) is 0 Å². The van der Waals surface area contributed by atoms with Crippen LogP contribution in [0.15, 0.2) is 0 Å². The molecule has 0 aliphatic heterocycles. The van der Waals surface area contributed by atoms with E-state index in [4.69, 9.17) is 4.74 Å². The van der Waals surface area contributed by atoms with Crippen LogP contribution in [0.2, 0.25) is 0 Å². The number of carboxylic acids is 1. The summed E-state index contributed by atoms with van der Waals surface area (Å²) in [5, 5.41) is 32.6. The molecule has 0 aromatic heterocycles. The van der Waals surface area contributed by atoms with E-state index in [9.17, 15) is 24.9 Å². The number of hydrogen-bond donors (Lipinski definition) is 3. The second kappa shape index (κ2) is 14.8. The molecule has 0 bridgehead atoms. The summed E-state index contributed by atoms with van der Waals surface area (Å²) in [6.45, 7) is 9.03. The molecule has 0 aromatic carbocycles. The molecule has 0 saturated heterocycles. The zero-order chi connectivity index (χ0) is 30.5. The van der Waals surface area contributed by atoms with E-state index in [1.807, 2.05) is 0 Å². The first-order chi connectivity index (χ1) is 20.0. The molecular weight excluding hydrogens is 528 g/mol. The Labute approximate surface area is 255 Å². The summed E-state index contributed by atoms with van der Waals surface area (Å²) >= 11 is 0. The number of rotatable bonds is 15. The van der Waals surface area contributed by atoms with Crippen molar-refractivity contribution in [2.45, 2.75) is 168 Å². The van der Waals surface area contributed by atoms with E-state index in [-0.39, 0.29) is 58.9 Å². The molecule has 0 heterocycles. The highest BCUT2D eigenvalue weighted by Gasteiger charge is 2.65. The Morgan fingerprint density at radius 1 is 0.857 bits per heavy atom. The zero-order valence-electron chi connectivity index (χ0n) is 27.2. The van der Waals surface area contributed by atoms with Gasteiger partial charge in [0, 0.05) is 12.8 Å². The highest BCUT2D eigenvalue weighted by atomic mass is 16.5. The van der Waals surface area contributed by atoms with Crippen molar-refractivity contribution in [3.05, 3.63) is 0 Å². The number of carbonyl (C=O) groups is 2. The molecule has 0 aromatic rings. The van der Waals surface area contributed by atoms with Crippen LogP contribution < -0.4 is 0 Å². The van der Waals surface area contributed by atoms with Gasteiger partial charge in [0.05, 0.1) is 12.2 Å². The lowest BCUT2D eigenvalue weighted by molar-refractivity contribution is -0.209. The van der Waals surface area contributed by atoms with E-state index < -0.39 is 18.2 Å². The van der Waals surface area contributed by atoms with Gasteiger partial charge in [-0.15, -0.1) is 0 Å². The van der Waals surface area contributed by atoms with E-state index in [1.165, 1.54) is 44.9 Å². The molecule has 6 nitrogen and oxygen atoms in total. The van der Waals surface area contributed by atoms with Crippen molar-refractivity contribution < 1.29 is 29.6 Å². The smallest absolute Gasteiger partial charge is 0.306 e. The number of esters is 1. The van der Waals surface area contributed by atoms with Crippen molar-refractivity contribution in [1.29, 1.82) is 0 Å². The van der Waals surface area contributed by atoms with Crippen LogP contribution in [-0.2, 0) is 14.3 Å². The van der Waals surface area contributed by atoms with Crippen LogP contribution in [0.25, 0.3) is 0 Å². The maximum atomic E-state index is 12.7. The normalized spacial score (nSPS) is 40.0. The summed E-state index contributed by atoms with van der Waals surface area (Å²) in [5.74, 6) is 0.743. The van der Waals surface area contributed by atoms with Crippen molar-refractivity contribution in [3.63, 3.8) is 0 Å². The third-order valence-electron chi connectivity index (χ3n) is 13.1. The highest BCUT2D eigenvalue weighted by Crippen LogP contribution is 2.68. The van der Waals surface area contributed by atoms with Crippen LogP contribution >= 0.6 is 0 Å². The largest absolute Gasteiger partial charge is 0.481 e. The number of carbonyl (C=O) groups excluding carboxylic acids is 1. The van der Waals surface area contributed by atoms with Gasteiger partial charge < -0.3 is 20.1 Å². The Bertz CT molecular complexity index is 890. The van der Waals surface area contributed by atoms with E-state index in [0.29, 0.717) is 25.2 Å². The van der Waals surface area contributed by atoms with Crippen LogP contribution in [0.4, 0.5) is 0 Å². The fourth-order valence-corrected chi connectivity index (χ4v) is 10.6. The Morgan fingerprint density at radius 3 is 2.19 bits per heavy atom. The molecule has 42 heavy (non-hydrogen) atoms. The maximum absolute atomic E-state index is 12.7. The van der Waals surface area contributed by atoms with E-state index >= 15 is 0 Å². The van der Waals surface area contributed by atoms with Crippen molar-refractivity contribution in [2.75, 3.05) is 0 Å². The van der Waals surface area contributed by atoms with Gasteiger partial charge in [-0.3, -0.25) is 9.59 Å². The van der Waals surface area contributed by atoms with Gasteiger partial charge in [-0.2, -0.15) is 0 Å². The summed E-state index contributed by atoms with van der Waals surface area (Å²) in [6.07, 6.45) is 17.7. The number of aliphatic hydroxyl groups is 2. The molecule has 0 radical (unpaired) electrons. The van der Waals surface area contributed by atoms with E-state index in [2.05, 4.69) is 27.7 Å². The minimum absolute atomic E-state index is 0.0409. The topological polar surface area (TPSA) is 104 Å². The number of hydrogen-bond acceptors (Lipinski definition) is 5. The minimum Gasteiger partial charge on any atom is -0.481 e. The number of aliphatic carboxylic acids is 1. The van der Waals surface area contributed by atoms with E-state index in [0.717, 1.165) is 51.4 Å². The van der Waals surface area contributed by atoms with Gasteiger partial charge in [0.2, 0.25) is 0 Å². The van der Waals surface area contributed by atoms with Gasteiger partial charge in [-0.25, -0.2) is 0 Å². The second-order valence-corrected chi connectivity index (χ2v) is 15.5. The minimum atomic E-state index is -0.753. The molecule has 4 aliphatic rings. The molecule has 0 amide bonds. The highest BCUT2D eigenvalue weighted by molar-refractivity contribution is 5.69. The first-order valence-corrected chi connectivity index (χ1v) is 17.8. The first kappa shape index (κ1) is 33.7. The molecular formula is C36H62O6. The average molecular weight is 591 g/mol. The van der Waals surface area contributed by atoms with Gasteiger partial charge in [0.15, 0.2) is 0 Å². The lowest BCUT2D eigenvalue weighted by Crippen LogP contribution is -2.62. The van der Waals surface area contributed by atoms with Crippen molar-refractivity contribution >= 4 is 11.9 Å². The Hall–Kier alpha value is -1.14. The van der Waals surface area contributed by atoms with Crippen LogP contribution in [0.1, 0.15) is 150 Å². The number of unbranched alkanes of at least 4 members (excludes halogenated alkanes) is 8. The van der Waals surface area contributed by atoms with Crippen LogP contribution in [0.3, 0.4) is 0 Å². The Kier molecular flexibility index (Phi) is 11.9. The van der Waals surface area contributed by atoms with E-state index in [1.54, 1.807) is 0 Å².